The van der Waals surface area contributed by atoms with Crippen molar-refractivity contribution in [1.29, 1.82) is 0 Å². The molecule has 0 unspecified atom stereocenters. The molecule has 0 radical (unpaired) electrons. The van der Waals surface area contributed by atoms with Crippen molar-refractivity contribution in [3.8, 4) is 0 Å². The molecule has 0 aromatic rings. The lowest BCUT2D eigenvalue weighted by Crippen LogP contribution is -2.39. The van der Waals surface area contributed by atoms with Crippen LogP contribution in [0, 0.1) is 5.92 Å². The predicted molar refractivity (Wildman–Crippen MR) is 41.2 cm³/mol. The Hall–Kier alpha value is -0.610. The van der Waals surface area contributed by atoms with Crippen molar-refractivity contribution in [3.05, 3.63) is 0 Å². The molecule has 0 amide bonds. The fourth-order valence-corrected chi connectivity index (χ4v) is 1.66. The summed E-state index contributed by atoms with van der Waals surface area (Å²) in [5, 5.41) is 8.79. The quantitative estimate of drug-likeness (QED) is 0.560. The third-order valence-corrected chi connectivity index (χ3v) is 2.33. The number of hydrogen-bond donors (Lipinski definition) is 2. The maximum Gasteiger partial charge on any atom is 0.321 e. The fraction of sp³-hybridized carbons (Fsp3) is 0.857. The molecule has 4 nitrogen and oxygen atoms in total. The molecule has 0 spiro atoms. The van der Waals surface area contributed by atoms with E-state index in [1.54, 1.807) is 0 Å². The summed E-state index contributed by atoms with van der Waals surface area (Å²) in [4.78, 5) is 12.5. The van der Waals surface area contributed by atoms with Crippen LogP contribution >= 0.6 is 0 Å². The smallest absolute Gasteiger partial charge is 0.321 e. The molecular weight excluding hydrogens is 144 g/mol. The van der Waals surface area contributed by atoms with E-state index in [4.69, 9.17) is 10.8 Å². The topological polar surface area (TPSA) is 66.6 Å². The molecule has 2 atom stereocenters. The molecule has 4 heteroatoms. The average Bonchev–Trinajstić information content (AvgIpc) is 2.30. The van der Waals surface area contributed by atoms with E-state index in [2.05, 4.69) is 0 Å². The maximum atomic E-state index is 10.7. The molecule has 64 valence electrons. The number of nitrogens with zero attached hydrogens (tertiary/aromatic N) is 1. The standard InChI is InChI=1S/C7H14N2O2/c1-9-3-2-5(4-8)6(9)7(10)11/h5-6H,2-4,8H2,1H3,(H,10,11)/t5-,6+/m1/s1. The van der Waals surface area contributed by atoms with Crippen molar-refractivity contribution in [2.75, 3.05) is 20.1 Å². The van der Waals surface area contributed by atoms with Crippen LogP contribution in [-0.4, -0.2) is 42.2 Å². The van der Waals surface area contributed by atoms with Crippen molar-refractivity contribution in [2.24, 2.45) is 11.7 Å². The minimum atomic E-state index is -0.750. The molecule has 1 aliphatic heterocycles. The maximum absolute atomic E-state index is 10.7. The van der Waals surface area contributed by atoms with Crippen LogP contribution in [0.25, 0.3) is 0 Å². The van der Waals surface area contributed by atoms with E-state index < -0.39 is 5.97 Å². The van der Waals surface area contributed by atoms with E-state index in [0.717, 1.165) is 13.0 Å². The van der Waals surface area contributed by atoms with Gasteiger partial charge in [0.25, 0.3) is 0 Å². The van der Waals surface area contributed by atoms with Crippen LogP contribution < -0.4 is 5.73 Å². The largest absolute Gasteiger partial charge is 0.480 e. The summed E-state index contributed by atoms with van der Waals surface area (Å²) in [5.74, 6) is -0.613. The summed E-state index contributed by atoms with van der Waals surface area (Å²) >= 11 is 0. The lowest BCUT2D eigenvalue weighted by atomic mass is 10.0. The van der Waals surface area contributed by atoms with Crippen molar-refractivity contribution >= 4 is 5.97 Å². The molecule has 3 N–H and O–H groups in total. The number of carboxylic acids is 1. The zero-order valence-corrected chi connectivity index (χ0v) is 6.66. The first kappa shape index (κ1) is 8.49. The van der Waals surface area contributed by atoms with Crippen molar-refractivity contribution < 1.29 is 9.90 Å². The number of carboxylic acid groups (broad SMARTS) is 1. The molecule has 1 saturated heterocycles. The van der Waals surface area contributed by atoms with Gasteiger partial charge in [-0.1, -0.05) is 0 Å². The molecular formula is C7H14N2O2. The lowest BCUT2D eigenvalue weighted by Gasteiger charge is -2.18. The van der Waals surface area contributed by atoms with Crippen LogP contribution in [0.1, 0.15) is 6.42 Å². The minimum absolute atomic E-state index is 0.137. The van der Waals surface area contributed by atoms with Gasteiger partial charge in [0.1, 0.15) is 6.04 Å². The zero-order valence-electron chi connectivity index (χ0n) is 6.66. The van der Waals surface area contributed by atoms with Gasteiger partial charge in [-0.05, 0) is 32.5 Å². The molecule has 0 aliphatic carbocycles. The summed E-state index contributed by atoms with van der Waals surface area (Å²) in [7, 11) is 1.83. The number of likely N-dealkylation sites (N-methyl/N-ethyl adjacent to an activating group) is 1. The highest BCUT2D eigenvalue weighted by molar-refractivity contribution is 5.74. The minimum Gasteiger partial charge on any atom is -0.480 e. The fourth-order valence-electron chi connectivity index (χ4n) is 1.66. The molecule has 1 rings (SSSR count). The predicted octanol–water partition coefficient (Wildman–Crippen LogP) is -0.650. The summed E-state index contributed by atoms with van der Waals surface area (Å²) in [6.45, 7) is 1.32. The van der Waals surface area contributed by atoms with Gasteiger partial charge in [-0.2, -0.15) is 0 Å². The van der Waals surface area contributed by atoms with Gasteiger partial charge in [0.05, 0.1) is 0 Å². The lowest BCUT2D eigenvalue weighted by molar-refractivity contribution is -0.142. The summed E-state index contributed by atoms with van der Waals surface area (Å²) in [6.07, 6.45) is 0.907. The molecule has 11 heavy (non-hydrogen) atoms. The number of aliphatic carboxylic acids is 1. The van der Waals surface area contributed by atoms with Crippen LogP contribution in [0.3, 0.4) is 0 Å². The van der Waals surface area contributed by atoms with Gasteiger partial charge in [-0.15, -0.1) is 0 Å². The van der Waals surface area contributed by atoms with Gasteiger partial charge in [-0.3, -0.25) is 9.69 Å². The monoisotopic (exact) mass is 158 g/mol. The Morgan fingerprint density at radius 3 is 2.82 bits per heavy atom. The molecule has 1 aliphatic rings. The number of hydrogen-bond acceptors (Lipinski definition) is 3. The first-order valence-corrected chi connectivity index (χ1v) is 3.80. The van der Waals surface area contributed by atoms with Crippen LogP contribution in [0.2, 0.25) is 0 Å². The Morgan fingerprint density at radius 2 is 2.45 bits per heavy atom. The highest BCUT2D eigenvalue weighted by atomic mass is 16.4. The van der Waals surface area contributed by atoms with E-state index in [1.807, 2.05) is 11.9 Å². The molecule has 0 bridgehead atoms. The first-order chi connectivity index (χ1) is 5.16. The number of nitrogens with two attached hydrogens (primary N) is 1. The number of likely N-dealkylation sites (tertiary alicyclic amines) is 1. The highest BCUT2D eigenvalue weighted by Crippen LogP contribution is 2.21. The van der Waals surface area contributed by atoms with Gasteiger partial charge in [0.15, 0.2) is 0 Å². The normalized spacial score (nSPS) is 32.5. The second kappa shape index (κ2) is 3.19. The van der Waals surface area contributed by atoms with Gasteiger partial charge < -0.3 is 10.8 Å². The molecule has 1 heterocycles. The van der Waals surface area contributed by atoms with E-state index in [0.29, 0.717) is 6.54 Å². The van der Waals surface area contributed by atoms with Gasteiger partial charge in [0, 0.05) is 0 Å². The second-order valence-corrected chi connectivity index (χ2v) is 3.05. The van der Waals surface area contributed by atoms with Crippen molar-refractivity contribution in [3.63, 3.8) is 0 Å². The van der Waals surface area contributed by atoms with E-state index >= 15 is 0 Å². The SMILES string of the molecule is CN1CC[C@H](CN)[C@H]1C(=O)O. The number of rotatable bonds is 2. The van der Waals surface area contributed by atoms with Crippen LogP contribution in [-0.2, 0) is 4.79 Å². The Balaban J connectivity index is 2.63. The highest BCUT2D eigenvalue weighted by Gasteiger charge is 2.35. The zero-order chi connectivity index (χ0) is 8.43. The first-order valence-electron chi connectivity index (χ1n) is 3.80. The molecule has 0 saturated carbocycles. The van der Waals surface area contributed by atoms with Gasteiger partial charge in [-0.25, -0.2) is 0 Å². The molecule has 1 fully saturated rings. The third-order valence-electron chi connectivity index (χ3n) is 2.33. The van der Waals surface area contributed by atoms with E-state index in [1.165, 1.54) is 0 Å². The Labute approximate surface area is 66.0 Å². The Bertz CT molecular complexity index is 161. The van der Waals surface area contributed by atoms with Crippen LogP contribution in [0.5, 0.6) is 0 Å². The van der Waals surface area contributed by atoms with Crippen molar-refractivity contribution in [2.45, 2.75) is 12.5 Å². The Morgan fingerprint density at radius 1 is 1.82 bits per heavy atom. The average molecular weight is 158 g/mol. The molecule has 0 aromatic heterocycles. The van der Waals surface area contributed by atoms with Gasteiger partial charge >= 0.3 is 5.97 Å². The summed E-state index contributed by atoms with van der Waals surface area (Å²) in [5.41, 5.74) is 5.43. The summed E-state index contributed by atoms with van der Waals surface area (Å²) < 4.78 is 0. The van der Waals surface area contributed by atoms with Crippen LogP contribution in [0.15, 0.2) is 0 Å². The summed E-state index contributed by atoms with van der Waals surface area (Å²) in [6, 6.07) is -0.361. The third kappa shape index (κ3) is 1.52. The van der Waals surface area contributed by atoms with E-state index in [9.17, 15) is 4.79 Å². The Kier molecular flexibility index (Phi) is 2.46. The second-order valence-electron chi connectivity index (χ2n) is 3.05. The number of carbonyl (C=O) groups is 1. The van der Waals surface area contributed by atoms with E-state index in [-0.39, 0.29) is 12.0 Å². The van der Waals surface area contributed by atoms with Gasteiger partial charge in [0.2, 0.25) is 0 Å². The van der Waals surface area contributed by atoms with Crippen molar-refractivity contribution in [1.82, 2.24) is 4.90 Å². The molecule has 0 aromatic carbocycles. The van der Waals surface area contributed by atoms with Crippen LogP contribution in [0.4, 0.5) is 0 Å².